The summed E-state index contributed by atoms with van der Waals surface area (Å²) in [6, 6.07) is 5.12. The summed E-state index contributed by atoms with van der Waals surface area (Å²) >= 11 is 0. The second-order valence-electron chi connectivity index (χ2n) is 4.71. The van der Waals surface area contributed by atoms with Gasteiger partial charge in [-0.15, -0.1) is 0 Å². The quantitative estimate of drug-likeness (QED) is 0.840. The third-order valence-electron chi connectivity index (χ3n) is 2.93. The van der Waals surface area contributed by atoms with Gasteiger partial charge in [-0.1, -0.05) is 0 Å². The van der Waals surface area contributed by atoms with Crippen LogP contribution < -0.4 is 10.6 Å². The average molecular weight is 271 g/mol. The number of nitrogens with two attached hydrogens (primary N) is 1. The van der Waals surface area contributed by atoms with Gasteiger partial charge in [-0.25, -0.2) is 12.7 Å². The van der Waals surface area contributed by atoms with Gasteiger partial charge in [0.25, 0.3) is 0 Å². The standard InChI is InChI=1S/C12H21N3O2S/c1-9(2)15(5)12-7-6-10(8-11(12)13)18(16,17)14(3)4/h6-9H,13H2,1-5H3. The minimum atomic E-state index is -3.43. The topological polar surface area (TPSA) is 66.6 Å². The normalized spacial score (nSPS) is 12.2. The first kappa shape index (κ1) is 14.8. The van der Waals surface area contributed by atoms with Gasteiger partial charge in [0.05, 0.1) is 16.3 Å². The largest absolute Gasteiger partial charge is 0.397 e. The molecule has 0 fully saturated rings. The fourth-order valence-corrected chi connectivity index (χ4v) is 2.44. The van der Waals surface area contributed by atoms with E-state index in [1.54, 1.807) is 12.1 Å². The molecule has 0 heterocycles. The van der Waals surface area contributed by atoms with E-state index in [0.717, 1.165) is 5.69 Å². The Bertz CT molecular complexity index is 524. The van der Waals surface area contributed by atoms with Crippen LogP contribution in [0.15, 0.2) is 23.1 Å². The third-order valence-corrected chi connectivity index (χ3v) is 4.74. The molecule has 1 aromatic carbocycles. The molecule has 0 amide bonds. The molecule has 2 N–H and O–H groups in total. The highest BCUT2D eigenvalue weighted by Gasteiger charge is 2.19. The Hall–Kier alpha value is -1.27. The monoisotopic (exact) mass is 271 g/mol. The van der Waals surface area contributed by atoms with E-state index < -0.39 is 10.0 Å². The Morgan fingerprint density at radius 3 is 2.11 bits per heavy atom. The van der Waals surface area contributed by atoms with Crippen LogP contribution in [0.5, 0.6) is 0 Å². The summed E-state index contributed by atoms with van der Waals surface area (Å²) < 4.78 is 25.1. The van der Waals surface area contributed by atoms with E-state index in [1.807, 2.05) is 25.8 Å². The molecule has 0 saturated heterocycles. The van der Waals surface area contributed by atoms with Crippen LogP contribution in [0.3, 0.4) is 0 Å². The Morgan fingerprint density at radius 2 is 1.72 bits per heavy atom. The zero-order chi connectivity index (χ0) is 14.1. The molecule has 6 heteroatoms. The first-order valence-corrected chi connectivity index (χ1v) is 7.16. The van der Waals surface area contributed by atoms with Gasteiger partial charge in [0.2, 0.25) is 10.0 Å². The van der Waals surface area contributed by atoms with Crippen molar-refractivity contribution in [3.63, 3.8) is 0 Å². The lowest BCUT2D eigenvalue weighted by molar-refractivity contribution is 0.521. The van der Waals surface area contributed by atoms with Crippen molar-refractivity contribution in [1.29, 1.82) is 0 Å². The Balaban J connectivity index is 3.23. The van der Waals surface area contributed by atoms with E-state index in [4.69, 9.17) is 5.73 Å². The van der Waals surface area contributed by atoms with Crippen LogP contribution in [-0.4, -0.2) is 39.9 Å². The highest BCUT2D eigenvalue weighted by Crippen LogP contribution is 2.27. The SMILES string of the molecule is CC(C)N(C)c1ccc(S(=O)(=O)N(C)C)cc1N. The second-order valence-corrected chi connectivity index (χ2v) is 6.86. The van der Waals surface area contributed by atoms with Crippen molar-refractivity contribution in [1.82, 2.24) is 4.31 Å². The van der Waals surface area contributed by atoms with Gasteiger partial charge in [-0.2, -0.15) is 0 Å². The van der Waals surface area contributed by atoms with Gasteiger partial charge in [-0.05, 0) is 32.0 Å². The highest BCUT2D eigenvalue weighted by atomic mass is 32.2. The van der Waals surface area contributed by atoms with Crippen LogP contribution in [0, 0.1) is 0 Å². The van der Waals surface area contributed by atoms with Crippen molar-refractivity contribution >= 4 is 21.4 Å². The lowest BCUT2D eigenvalue weighted by Gasteiger charge is -2.25. The average Bonchev–Trinajstić information content (AvgIpc) is 2.27. The molecule has 0 atom stereocenters. The van der Waals surface area contributed by atoms with E-state index >= 15 is 0 Å². The maximum absolute atomic E-state index is 12.0. The zero-order valence-corrected chi connectivity index (χ0v) is 12.3. The van der Waals surface area contributed by atoms with Crippen molar-refractivity contribution in [2.75, 3.05) is 31.8 Å². The maximum Gasteiger partial charge on any atom is 0.242 e. The lowest BCUT2D eigenvalue weighted by atomic mass is 10.2. The summed E-state index contributed by atoms with van der Waals surface area (Å²) in [6.07, 6.45) is 0. The third kappa shape index (κ3) is 2.76. The molecule has 1 aromatic rings. The number of rotatable bonds is 4. The number of nitrogens with zero attached hydrogens (tertiary/aromatic N) is 2. The van der Waals surface area contributed by atoms with Crippen LogP contribution in [0.2, 0.25) is 0 Å². The molecule has 0 unspecified atom stereocenters. The molecule has 0 aliphatic rings. The molecule has 0 saturated carbocycles. The zero-order valence-electron chi connectivity index (χ0n) is 11.5. The molecule has 0 bridgehead atoms. The number of anilines is 2. The summed E-state index contributed by atoms with van der Waals surface area (Å²) in [6.45, 7) is 4.09. The molecule has 0 aliphatic heterocycles. The summed E-state index contributed by atoms with van der Waals surface area (Å²) in [4.78, 5) is 2.22. The summed E-state index contributed by atoms with van der Waals surface area (Å²) in [7, 11) is 1.50. The Morgan fingerprint density at radius 1 is 1.17 bits per heavy atom. The lowest BCUT2D eigenvalue weighted by Crippen LogP contribution is -2.27. The number of hydrogen-bond donors (Lipinski definition) is 1. The van der Waals surface area contributed by atoms with Gasteiger partial charge < -0.3 is 10.6 Å². The first-order valence-electron chi connectivity index (χ1n) is 5.72. The van der Waals surface area contributed by atoms with Crippen LogP contribution in [-0.2, 0) is 10.0 Å². The molecule has 102 valence electrons. The van der Waals surface area contributed by atoms with Gasteiger partial charge in [0, 0.05) is 27.2 Å². The number of sulfonamides is 1. The van der Waals surface area contributed by atoms with E-state index in [-0.39, 0.29) is 4.90 Å². The highest BCUT2D eigenvalue weighted by molar-refractivity contribution is 7.89. The van der Waals surface area contributed by atoms with Crippen LogP contribution in [0.4, 0.5) is 11.4 Å². The molecule has 0 aliphatic carbocycles. The number of nitrogen functional groups attached to an aromatic ring is 1. The van der Waals surface area contributed by atoms with Crippen molar-refractivity contribution < 1.29 is 8.42 Å². The second kappa shape index (κ2) is 5.16. The maximum atomic E-state index is 12.0. The van der Waals surface area contributed by atoms with Crippen LogP contribution in [0.25, 0.3) is 0 Å². The minimum absolute atomic E-state index is 0.214. The fraction of sp³-hybridized carbons (Fsp3) is 0.500. The number of benzene rings is 1. The van der Waals surface area contributed by atoms with Crippen molar-refractivity contribution in [3.8, 4) is 0 Å². The smallest absolute Gasteiger partial charge is 0.242 e. The molecule has 18 heavy (non-hydrogen) atoms. The Kier molecular flexibility index (Phi) is 4.24. The predicted octanol–water partition coefficient (Wildman–Crippen LogP) is 1.36. The van der Waals surface area contributed by atoms with Crippen molar-refractivity contribution in [2.45, 2.75) is 24.8 Å². The van der Waals surface area contributed by atoms with E-state index in [9.17, 15) is 8.42 Å². The van der Waals surface area contributed by atoms with Crippen LogP contribution in [0.1, 0.15) is 13.8 Å². The molecule has 0 spiro atoms. The summed E-state index contributed by atoms with van der Waals surface area (Å²) in [5, 5.41) is 0. The van der Waals surface area contributed by atoms with E-state index in [1.165, 1.54) is 24.5 Å². The van der Waals surface area contributed by atoms with Gasteiger partial charge in [0.15, 0.2) is 0 Å². The van der Waals surface area contributed by atoms with Gasteiger partial charge in [-0.3, -0.25) is 0 Å². The molecule has 5 nitrogen and oxygen atoms in total. The predicted molar refractivity (Wildman–Crippen MR) is 75.3 cm³/mol. The molecule has 0 aromatic heterocycles. The van der Waals surface area contributed by atoms with Gasteiger partial charge in [0.1, 0.15) is 0 Å². The van der Waals surface area contributed by atoms with Crippen molar-refractivity contribution in [3.05, 3.63) is 18.2 Å². The number of hydrogen-bond acceptors (Lipinski definition) is 4. The summed E-state index contributed by atoms with van der Waals surface area (Å²) in [5.74, 6) is 0. The van der Waals surface area contributed by atoms with E-state index in [0.29, 0.717) is 11.7 Å². The molecule has 1 rings (SSSR count). The first-order chi connectivity index (χ1) is 8.17. The van der Waals surface area contributed by atoms with Crippen LogP contribution >= 0.6 is 0 Å². The van der Waals surface area contributed by atoms with E-state index in [2.05, 4.69) is 0 Å². The fourth-order valence-electron chi connectivity index (χ4n) is 1.50. The molecular formula is C12H21N3O2S. The summed E-state index contributed by atoms with van der Waals surface area (Å²) in [5.41, 5.74) is 7.23. The molecule has 0 radical (unpaired) electrons. The minimum Gasteiger partial charge on any atom is -0.397 e. The molecular weight excluding hydrogens is 250 g/mol. The van der Waals surface area contributed by atoms with Crippen molar-refractivity contribution in [2.24, 2.45) is 0 Å². The Labute approximate surface area is 109 Å². The van der Waals surface area contributed by atoms with Gasteiger partial charge >= 0.3 is 0 Å².